The minimum atomic E-state index is -0.626. The zero-order chi connectivity index (χ0) is 15.8. The molecule has 7 nitrogen and oxygen atoms in total. The summed E-state index contributed by atoms with van der Waals surface area (Å²) in [6, 6.07) is 11.1. The van der Waals surface area contributed by atoms with Crippen molar-refractivity contribution < 1.29 is 19.4 Å². The fourth-order valence-electron chi connectivity index (χ4n) is 3.04. The number of ether oxygens (including phenoxy) is 2. The first-order valence-corrected chi connectivity index (χ1v) is 7.55. The molecule has 3 heterocycles. The number of aliphatic hydroxyl groups is 1. The van der Waals surface area contributed by atoms with E-state index in [0.29, 0.717) is 18.0 Å². The molecule has 0 unspecified atom stereocenters. The number of H-pyrrole nitrogens is 1. The van der Waals surface area contributed by atoms with E-state index in [9.17, 15) is 9.90 Å². The summed E-state index contributed by atoms with van der Waals surface area (Å²) in [5.74, 6) is -0.265. The van der Waals surface area contributed by atoms with Crippen molar-refractivity contribution in [2.45, 2.75) is 24.4 Å². The molecule has 0 radical (unpaired) electrons. The molecular formula is C16H17N3O4. The number of nitrogens with zero attached hydrogens (tertiary/aromatic N) is 1. The van der Waals surface area contributed by atoms with Gasteiger partial charge in [-0.25, -0.2) is 0 Å². The van der Waals surface area contributed by atoms with Crippen molar-refractivity contribution in [3.05, 3.63) is 42.1 Å². The molecule has 23 heavy (non-hydrogen) atoms. The summed E-state index contributed by atoms with van der Waals surface area (Å²) in [7, 11) is 0. The largest absolute Gasteiger partial charge is 0.388 e. The topological polar surface area (TPSA) is 96.5 Å². The Morgan fingerprint density at radius 2 is 2.00 bits per heavy atom. The van der Waals surface area contributed by atoms with Crippen LogP contribution >= 0.6 is 0 Å². The van der Waals surface area contributed by atoms with E-state index < -0.39 is 6.10 Å². The van der Waals surface area contributed by atoms with Gasteiger partial charge in [0.15, 0.2) is 0 Å². The molecule has 120 valence electrons. The van der Waals surface area contributed by atoms with Gasteiger partial charge in [0.1, 0.15) is 24.0 Å². The second-order valence-electron chi connectivity index (χ2n) is 5.78. The Hall–Kier alpha value is -2.22. The van der Waals surface area contributed by atoms with Gasteiger partial charge in [-0.2, -0.15) is 5.10 Å². The molecule has 0 bridgehead atoms. The lowest BCUT2D eigenvalue weighted by atomic mass is 10.1. The zero-order valence-corrected chi connectivity index (χ0v) is 12.3. The minimum absolute atomic E-state index is 0.240. The minimum Gasteiger partial charge on any atom is -0.388 e. The predicted molar refractivity (Wildman–Crippen MR) is 80.8 cm³/mol. The van der Waals surface area contributed by atoms with Crippen LogP contribution in [0.4, 0.5) is 0 Å². The van der Waals surface area contributed by atoms with Crippen LogP contribution < -0.4 is 5.32 Å². The number of aliphatic hydroxyl groups excluding tert-OH is 1. The lowest BCUT2D eigenvalue weighted by Crippen LogP contribution is -2.44. The molecule has 2 fully saturated rings. The smallest absolute Gasteiger partial charge is 0.269 e. The number of hydrogen-bond acceptors (Lipinski definition) is 5. The molecule has 2 aromatic rings. The Kier molecular flexibility index (Phi) is 3.60. The highest BCUT2D eigenvalue weighted by Gasteiger charge is 2.47. The SMILES string of the molecule is O=C(N[C@H]1CO[C@H]2[C@@H]1OC[C@H]2O)c1cc(-c2ccccc2)n[nH]1. The van der Waals surface area contributed by atoms with Crippen molar-refractivity contribution in [2.75, 3.05) is 13.2 Å². The van der Waals surface area contributed by atoms with Gasteiger partial charge in [0.2, 0.25) is 0 Å². The first-order chi connectivity index (χ1) is 11.2. The lowest BCUT2D eigenvalue weighted by Gasteiger charge is -2.16. The highest BCUT2D eigenvalue weighted by Crippen LogP contribution is 2.27. The van der Waals surface area contributed by atoms with Crippen LogP contribution in [-0.2, 0) is 9.47 Å². The summed E-state index contributed by atoms with van der Waals surface area (Å²) in [4.78, 5) is 12.4. The van der Waals surface area contributed by atoms with Gasteiger partial charge in [-0.1, -0.05) is 30.3 Å². The molecule has 2 aliphatic rings. The van der Waals surface area contributed by atoms with E-state index in [1.807, 2.05) is 30.3 Å². The summed E-state index contributed by atoms with van der Waals surface area (Å²) in [6.07, 6.45) is -1.29. The molecule has 2 aliphatic heterocycles. The lowest BCUT2D eigenvalue weighted by molar-refractivity contribution is 0.0178. The molecule has 1 amide bonds. The predicted octanol–water partition coefficient (Wildman–Crippen LogP) is 0.334. The van der Waals surface area contributed by atoms with Crippen molar-refractivity contribution >= 4 is 5.91 Å². The Balaban J connectivity index is 1.45. The summed E-state index contributed by atoms with van der Waals surface area (Å²) in [5, 5.41) is 19.5. The standard InChI is InChI=1S/C16H17N3O4/c20-13-8-23-14-12(7-22-15(13)14)17-16(21)11-6-10(18-19-11)9-4-2-1-3-5-9/h1-6,12-15,20H,7-8H2,(H,17,21)(H,18,19)/t12-,13+,14+,15+/m0/s1. The fraction of sp³-hybridized carbons (Fsp3) is 0.375. The maximum atomic E-state index is 12.4. The summed E-state index contributed by atoms with van der Waals surface area (Å²) >= 11 is 0. The number of aromatic nitrogens is 2. The van der Waals surface area contributed by atoms with E-state index in [1.165, 1.54) is 0 Å². The molecule has 0 aliphatic carbocycles. The number of benzene rings is 1. The van der Waals surface area contributed by atoms with Gasteiger partial charge in [0.25, 0.3) is 5.91 Å². The number of fused-ring (bicyclic) bond motifs is 1. The van der Waals surface area contributed by atoms with Crippen LogP contribution in [0.1, 0.15) is 10.5 Å². The quantitative estimate of drug-likeness (QED) is 0.759. The molecule has 0 spiro atoms. The second kappa shape index (κ2) is 5.77. The number of aromatic amines is 1. The van der Waals surface area contributed by atoms with Crippen molar-refractivity contribution in [1.29, 1.82) is 0 Å². The number of hydrogen-bond donors (Lipinski definition) is 3. The number of rotatable bonds is 3. The van der Waals surface area contributed by atoms with E-state index >= 15 is 0 Å². The molecular weight excluding hydrogens is 298 g/mol. The third-order valence-corrected chi connectivity index (χ3v) is 4.24. The van der Waals surface area contributed by atoms with E-state index in [0.717, 1.165) is 5.56 Å². The Labute approximate surface area is 132 Å². The van der Waals surface area contributed by atoms with E-state index in [-0.39, 0.29) is 30.8 Å². The van der Waals surface area contributed by atoms with Crippen molar-refractivity contribution in [1.82, 2.24) is 15.5 Å². The molecule has 0 saturated carbocycles. The van der Waals surface area contributed by atoms with Gasteiger partial charge >= 0.3 is 0 Å². The highest BCUT2D eigenvalue weighted by atomic mass is 16.6. The third kappa shape index (κ3) is 2.63. The number of carbonyl (C=O) groups excluding carboxylic acids is 1. The maximum absolute atomic E-state index is 12.4. The van der Waals surface area contributed by atoms with Gasteiger partial charge in [0, 0.05) is 5.56 Å². The molecule has 1 aromatic carbocycles. The van der Waals surface area contributed by atoms with Gasteiger partial charge < -0.3 is 19.9 Å². The van der Waals surface area contributed by atoms with Crippen LogP contribution in [0.15, 0.2) is 36.4 Å². The van der Waals surface area contributed by atoms with Crippen LogP contribution in [0.3, 0.4) is 0 Å². The van der Waals surface area contributed by atoms with E-state index in [1.54, 1.807) is 6.07 Å². The van der Waals surface area contributed by atoms with E-state index in [2.05, 4.69) is 15.5 Å². The van der Waals surface area contributed by atoms with Crippen LogP contribution in [-0.4, -0.2) is 58.8 Å². The van der Waals surface area contributed by atoms with Crippen molar-refractivity contribution in [3.63, 3.8) is 0 Å². The van der Waals surface area contributed by atoms with Gasteiger partial charge in [0.05, 0.1) is 24.9 Å². The number of carbonyl (C=O) groups is 1. The molecule has 7 heteroatoms. The molecule has 2 saturated heterocycles. The molecule has 3 N–H and O–H groups in total. The van der Waals surface area contributed by atoms with Crippen LogP contribution in [0.2, 0.25) is 0 Å². The summed E-state index contributed by atoms with van der Waals surface area (Å²) < 4.78 is 11.0. The second-order valence-corrected chi connectivity index (χ2v) is 5.78. The number of nitrogens with one attached hydrogen (secondary N) is 2. The van der Waals surface area contributed by atoms with Gasteiger partial charge in [-0.3, -0.25) is 9.89 Å². The average molecular weight is 315 g/mol. The Bertz CT molecular complexity index is 702. The third-order valence-electron chi connectivity index (χ3n) is 4.24. The Morgan fingerprint density at radius 1 is 1.22 bits per heavy atom. The molecule has 4 atom stereocenters. The number of amides is 1. The molecule has 4 rings (SSSR count). The highest BCUT2D eigenvalue weighted by molar-refractivity contribution is 5.93. The average Bonchev–Trinajstić information content (AvgIpc) is 3.28. The van der Waals surface area contributed by atoms with Gasteiger partial charge in [-0.15, -0.1) is 0 Å². The normalized spacial score (nSPS) is 29.4. The fourth-order valence-corrected chi connectivity index (χ4v) is 3.04. The van der Waals surface area contributed by atoms with Crippen LogP contribution in [0, 0.1) is 0 Å². The first-order valence-electron chi connectivity index (χ1n) is 7.55. The summed E-state index contributed by atoms with van der Waals surface area (Å²) in [6.45, 7) is 0.571. The monoisotopic (exact) mass is 315 g/mol. The van der Waals surface area contributed by atoms with Crippen molar-refractivity contribution in [3.8, 4) is 11.3 Å². The zero-order valence-electron chi connectivity index (χ0n) is 12.3. The molecule has 1 aromatic heterocycles. The van der Waals surface area contributed by atoms with Crippen LogP contribution in [0.5, 0.6) is 0 Å². The first kappa shape index (κ1) is 14.4. The Morgan fingerprint density at radius 3 is 2.83 bits per heavy atom. The van der Waals surface area contributed by atoms with E-state index in [4.69, 9.17) is 9.47 Å². The van der Waals surface area contributed by atoms with Crippen LogP contribution in [0.25, 0.3) is 11.3 Å². The maximum Gasteiger partial charge on any atom is 0.269 e. The summed E-state index contributed by atoms with van der Waals surface area (Å²) in [5.41, 5.74) is 2.03. The van der Waals surface area contributed by atoms with Gasteiger partial charge in [-0.05, 0) is 6.07 Å². The van der Waals surface area contributed by atoms with Crippen molar-refractivity contribution in [2.24, 2.45) is 0 Å².